The Hall–Kier alpha value is -1.06. The molecule has 0 spiro atoms. The minimum Gasteiger partial charge on any atom is -0.497 e. The van der Waals surface area contributed by atoms with Gasteiger partial charge in [-0.3, -0.25) is 0 Å². The summed E-state index contributed by atoms with van der Waals surface area (Å²) in [6.07, 6.45) is 0.156. The minimum absolute atomic E-state index is 0.0432. The number of rotatable bonds is 6. The Balaban J connectivity index is 2.72. The van der Waals surface area contributed by atoms with Crippen LogP contribution in [-0.4, -0.2) is 19.8 Å². The second kappa shape index (κ2) is 6.62. The molecule has 17 heavy (non-hydrogen) atoms. The number of hydrogen-bond donors (Lipinski definition) is 1. The highest BCUT2D eigenvalue weighted by Gasteiger charge is 2.16. The van der Waals surface area contributed by atoms with E-state index in [-0.39, 0.29) is 12.2 Å². The Bertz CT molecular complexity index is 321. The van der Waals surface area contributed by atoms with Crippen molar-refractivity contribution in [1.82, 2.24) is 0 Å². The molecule has 2 N–H and O–H groups in total. The van der Waals surface area contributed by atoms with Crippen LogP contribution in [0.2, 0.25) is 0 Å². The van der Waals surface area contributed by atoms with Gasteiger partial charge in [-0.2, -0.15) is 0 Å². The first-order chi connectivity index (χ1) is 8.08. The maximum Gasteiger partial charge on any atom is 0.118 e. The normalized spacial score (nSPS) is 14.7. The van der Waals surface area contributed by atoms with E-state index in [9.17, 15) is 0 Å². The summed E-state index contributed by atoms with van der Waals surface area (Å²) in [5, 5.41) is 0. The standard InChI is InChI=1S/C14H23NO2/c1-10(2)11(3)17-14(9-15)12-5-7-13(16-4)8-6-12/h5-8,10-11,14H,9,15H2,1-4H3. The Morgan fingerprint density at radius 3 is 2.12 bits per heavy atom. The maximum absolute atomic E-state index is 5.95. The van der Waals surface area contributed by atoms with Gasteiger partial charge in [-0.25, -0.2) is 0 Å². The topological polar surface area (TPSA) is 44.5 Å². The van der Waals surface area contributed by atoms with Gasteiger partial charge in [0.1, 0.15) is 5.75 Å². The summed E-state index contributed by atoms with van der Waals surface area (Å²) in [7, 11) is 1.66. The third-order valence-electron chi connectivity index (χ3n) is 3.02. The summed E-state index contributed by atoms with van der Waals surface area (Å²) in [5.74, 6) is 1.34. The molecule has 1 rings (SSSR count). The van der Waals surface area contributed by atoms with E-state index in [2.05, 4.69) is 20.8 Å². The first-order valence-electron chi connectivity index (χ1n) is 6.08. The third-order valence-corrected chi connectivity index (χ3v) is 3.02. The van der Waals surface area contributed by atoms with Crippen LogP contribution in [0.15, 0.2) is 24.3 Å². The molecule has 0 fully saturated rings. The summed E-state index contributed by atoms with van der Waals surface area (Å²) in [6, 6.07) is 7.87. The Kier molecular flexibility index (Phi) is 5.45. The molecule has 0 heterocycles. The average molecular weight is 237 g/mol. The Morgan fingerprint density at radius 2 is 1.71 bits per heavy atom. The number of benzene rings is 1. The number of methoxy groups -OCH3 is 1. The molecular formula is C14H23NO2. The van der Waals surface area contributed by atoms with Crippen molar-refractivity contribution in [2.45, 2.75) is 33.0 Å². The average Bonchev–Trinajstić information content (AvgIpc) is 2.35. The van der Waals surface area contributed by atoms with Crippen molar-refractivity contribution in [3.05, 3.63) is 29.8 Å². The van der Waals surface area contributed by atoms with Crippen molar-refractivity contribution in [1.29, 1.82) is 0 Å². The molecule has 3 heteroatoms. The molecule has 0 amide bonds. The van der Waals surface area contributed by atoms with Crippen LogP contribution in [0.25, 0.3) is 0 Å². The molecule has 0 aliphatic carbocycles. The fourth-order valence-corrected chi connectivity index (χ4v) is 1.51. The lowest BCUT2D eigenvalue weighted by Crippen LogP contribution is -2.24. The van der Waals surface area contributed by atoms with E-state index in [0.717, 1.165) is 11.3 Å². The van der Waals surface area contributed by atoms with Crippen LogP contribution in [0.4, 0.5) is 0 Å². The second-order valence-electron chi connectivity index (χ2n) is 4.58. The van der Waals surface area contributed by atoms with Crippen LogP contribution in [0, 0.1) is 5.92 Å². The van der Waals surface area contributed by atoms with Gasteiger partial charge in [0.15, 0.2) is 0 Å². The van der Waals surface area contributed by atoms with Crippen molar-refractivity contribution >= 4 is 0 Å². The van der Waals surface area contributed by atoms with Crippen molar-refractivity contribution in [2.75, 3.05) is 13.7 Å². The van der Waals surface area contributed by atoms with Crippen LogP contribution < -0.4 is 10.5 Å². The zero-order valence-electron chi connectivity index (χ0n) is 11.1. The van der Waals surface area contributed by atoms with Crippen molar-refractivity contribution in [2.24, 2.45) is 11.7 Å². The molecule has 96 valence electrons. The summed E-state index contributed by atoms with van der Waals surface area (Å²) in [6.45, 7) is 6.86. The van der Waals surface area contributed by atoms with Crippen LogP contribution in [0.1, 0.15) is 32.4 Å². The molecule has 0 saturated carbocycles. The van der Waals surface area contributed by atoms with Gasteiger partial charge in [0, 0.05) is 6.54 Å². The molecule has 0 aliphatic heterocycles. The smallest absolute Gasteiger partial charge is 0.118 e. The summed E-state index contributed by atoms with van der Waals surface area (Å²) in [4.78, 5) is 0. The zero-order valence-corrected chi connectivity index (χ0v) is 11.1. The molecule has 1 aromatic rings. The second-order valence-corrected chi connectivity index (χ2v) is 4.58. The summed E-state index contributed by atoms with van der Waals surface area (Å²) in [5.41, 5.74) is 6.87. The maximum atomic E-state index is 5.95. The highest BCUT2D eigenvalue weighted by Crippen LogP contribution is 2.22. The van der Waals surface area contributed by atoms with Crippen LogP contribution in [0.5, 0.6) is 5.75 Å². The van der Waals surface area contributed by atoms with E-state index < -0.39 is 0 Å². The lowest BCUT2D eigenvalue weighted by molar-refractivity contribution is -0.0220. The van der Waals surface area contributed by atoms with E-state index in [0.29, 0.717) is 12.5 Å². The van der Waals surface area contributed by atoms with Gasteiger partial charge in [-0.15, -0.1) is 0 Å². The van der Waals surface area contributed by atoms with E-state index in [1.54, 1.807) is 7.11 Å². The van der Waals surface area contributed by atoms with Crippen molar-refractivity contribution in [3.63, 3.8) is 0 Å². The Morgan fingerprint density at radius 1 is 1.12 bits per heavy atom. The fourth-order valence-electron chi connectivity index (χ4n) is 1.51. The molecule has 1 aromatic carbocycles. The Labute approximate surface area is 104 Å². The molecule has 0 saturated heterocycles. The van der Waals surface area contributed by atoms with E-state index in [4.69, 9.17) is 15.2 Å². The van der Waals surface area contributed by atoms with E-state index >= 15 is 0 Å². The number of nitrogens with two attached hydrogens (primary N) is 1. The molecule has 0 aliphatic rings. The minimum atomic E-state index is -0.0432. The number of hydrogen-bond acceptors (Lipinski definition) is 3. The van der Waals surface area contributed by atoms with Gasteiger partial charge in [0.25, 0.3) is 0 Å². The zero-order chi connectivity index (χ0) is 12.8. The van der Waals surface area contributed by atoms with Crippen LogP contribution in [-0.2, 0) is 4.74 Å². The van der Waals surface area contributed by atoms with E-state index in [1.807, 2.05) is 24.3 Å². The fraction of sp³-hybridized carbons (Fsp3) is 0.571. The molecule has 2 atom stereocenters. The highest BCUT2D eigenvalue weighted by atomic mass is 16.5. The monoisotopic (exact) mass is 237 g/mol. The van der Waals surface area contributed by atoms with Gasteiger partial charge in [0.05, 0.1) is 19.3 Å². The molecule has 0 bridgehead atoms. The molecule has 2 unspecified atom stereocenters. The predicted molar refractivity (Wildman–Crippen MR) is 70.2 cm³/mol. The highest BCUT2D eigenvalue weighted by molar-refractivity contribution is 5.28. The molecule has 3 nitrogen and oxygen atoms in total. The van der Waals surface area contributed by atoms with Gasteiger partial charge < -0.3 is 15.2 Å². The van der Waals surface area contributed by atoms with E-state index in [1.165, 1.54) is 0 Å². The van der Waals surface area contributed by atoms with Crippen LogP contribution >= 0.6 is 0 Å². The molecule has 0 aromatic heterocycles. The first-order valence-corrected chi connectivity index (χ1v) is 6.08. The SMILES string of the molecule is COc1ccc(C(CN)OC(C)C(C)C)cc1. The molecule has 0 radical (unpaired) electrons. The summed E-state index contributed by atoms with van der Waals surface area (Å²) < 4.78 is 11.1. The van der Waals surface area contributed by atoms with Gasteiger partial charge in [-0.1, -0.05) is 26.0 Å². The predicted octanol–water partition coefficient (Wildman–Crippen LogP) is 2.76. The largest absolute Gasteiger partial charge is 0.497 e. The molecular weight excluding hydrogens is 214 g/mol. The van der Waals surface area contributed by atoms with Gasteiger partial charge in [0.2, 0.25) is 0 Å². The van der Waals surface area contributed by atoms with Crippen molar-refractivity contribution in [3.8, 4) is 5.75 Å². The van der Waals surface area contributed by atoms with Gasteiger partial charge in [-0.05, 0) is 30.5 Å². The quantitative estimate of drug-likeness (QED) is 0.827. The summed E-state index contributed by atoms with van der Waals surface area (Å²) >= 11 is 0. The first kappa shape index (κ1) is 14.0. The van der Waals surface area contributed by atoms with Crippen LogP contribution in [0.3, 0.4) is 0 Å². The lowest BCUT2D eigenvalue weighted by atomic mass is 10.1. The van der Waals surface area contributed by atoms with Gasteiger partial charge >= 0.3 is 0 Å². The number of ether oxygens (including phenoxy) is 2. The lowest BCUT2D eigenvalue weighted by Gasteiger charge is -2.24. The third kappa shape index (κ3) is 4.02. The van der Waals surface area contributed by atoms with Crippen molar-refractivity contribution < 1.29 is 9.47 Å².